The van der Waals surface area contributed by atoms with Crippen LogP contribution in [0.3, 0.4) is 0 Å². The van der Waals surface area contributed by atoms with E-state index in [4.69, 9.17) is 4.74 Å². The van der Waals surface area contributed by atoms with Gasteiger partial charge in [0.2, 0.25) is 11.8 Å². The lowest BCUT2D eigenvalue weighted by Gasteiger charge is -2.26. The number of esters is 1. The Balaban J connectivity index is 1.32. The molecule has 1 saturated heterocycles. The molecule has 1 N–H and O–H groups in total. The first kappa shape index (κ1) is 24.8. The van der Waals surface area contributed by atoms with Crippen LogP contribution in [0, 0.1) is 17.6 Å². The van der Waals surface area contributed by atoms with Crippen LogP contribution in [0.15, 0.2) is 48.5 Å². The SMILES string of the molecule is O=C(C[C@@H]1CCC(=O)N1Cc1cccc(F)c1F)N[C@@H](CC1CC1)C(=O)OCCc1ccccc1. The van der Waals surface area contributed by atoms with Gasteiger partial charge in [-0.3, -0.25) is 9.59 Å². The number of carbonyl (C=O) groups is 3. The summed E-state index contributed by atoms with van der Waals surface area (Å²) in [5, 5.41) is 2.80. The highest BCUT2D eigenvalue weighted by molar-refractivity contribution is 5.86. The van der Waals surface area contributed by atoms with Crippen molar-refractivity contribution in [3.8, 4) is 0 Å². The molecule has 2 aromatic carbocycles. The zero-order chi connectivity index (χ0) is 24.8. The van der Waals surface area contributed by atoms with Crippen molar-refractivity contribution in [3.63, 3.8) is 0 Å². The van der Waals surface area contributed by atoms with Crippen LogP contribution in [0.25, 0.3) is 0 Å². The van der Waals surface area contributed by atoms with Crippen LogP contribution in [-0.2, 0) is 32.1 Å². The van der Waals surface area contributed by atoms with E-state index in [2.05, 4.69) is 5.32 Å². The molecule has 4 rings (SSSR count). The van der Waals surface area contributed by atoms with Gasteiger partial charge in [0, 0.05) is 37.4 Å². The lowest BCUT2D eigenvalue weighted by Crippen LogP contribution is -2.45. The Hall–Kier alpha value is -3.29. The average Bonchev–Trinajstić information content (AvgIpc) is 3.60. The monoisotopic (exact) mass is 484 g/mol. The fourth-order valence-corrected chi connectivity index (χ4v) is 4.46. The van der Waals surface area contributed by atoms with E-state index in [9.17, 15) is 23.2 Å². The molecule has 2 atom stereocenters. The molecule has 35 heavy (non-hydrogen) atoms. The van der Waals surface area contributed by atoms with Crippen LogP contribution in [0.4, 0.5) is 8.78 Å². The molecule has 2 aliphatic rings. The van der Waals surface area contributed by atoms with Crippen molar-refractivity contribution >= 4 is 17.8 Å². The largest absolute Gasteiger partial charge is 0.464 e. The van der Waals surface area contributed by atoms with Crippen molar-refractivity contribution < 1.29 is 27.9 Å². The molecule has 2 amide bonds. The molecule has 1 saturated carbocycles. The molecular formula is C27H30F2N2O4. The third-order valence-corrected chi connectivity index (χ3v) is 6.61. The van der Waals surface area contributed by atoms with Gasteiger partial charge in [-0.1, -0.05) is 55.3 Å². The number of hydrogen-bond acceptors (Lipinski definition) is 4. The van der Waals surface area contributed by atoms with Gasteiger partial charge >= 0.3 is 5.97 Å². The van der Waals surface area contributed by atoms with Crippen LogP contribution in [0.1, 0.15) is 49.7 Å². The van der Waals surface area contributed by atoms with Crippen molar-refractivity contribution in [1.82, 2.24) is 10.2 Å². The first-order chi connectivity index (χ1) is 16.9. The number of benzene rings is 2. The number of halogens is 2. The molecule has 1 aliphatic carbocycles. The van der Waals surface area contributed by atoms with E-state index >= 15 is 0 Å². The predicted molar refractivity (Wildman–Crippen MR) is 125 cm³/mol. The maximum absolute atomic E-state index is 14.1. The van der Waals surface area contributed by atoms with Crippen molar-refractivity contribution in [1.29, 1.82) is 0 Å². The fourth-order valence-electron chi connectivity index (χ4n) is 4.46. The summed E-state index contributed by atoms with van der Waals surface area (Å²) in [6.07, 6.45) is 3.83. The van der Waals surface area contributed by atoms with Crippen LogP contribution < -0.4 is 5.32 Å². The minimum atomic E-state index is -0.988. The number of amides is 2. The Morgan fingerprint density at radius 3 is 2.57 bits per heavy atom. The first-order valence-corrected chi connectivity index (χ1v) is 12.1. The molecule has 6 nitrogen and oxygen atoms in total. The smallest absolute Gasteiger partial charge is 0.328 e. The number of nitrogens with zero attached hydrogens (tertiary/aromatic N) is 1. The second kappa shape index (κ2) is 11.4. The van der Waals surface area contributed by atoms with Crippen molar-refractivity contribution in [2.75, 3.05) is 6.61 Å². The maximum Gasteiger partial charge on any atom is 0.328 e. The Kier molecular flexibility index (Phi) is 8.10. The van der Waals surface area contributed by atoms with Crippen molar-refractivity contribution in [2.45, 2.75) is 63.6 Å². The van der Waals surface area contributed by atoms with Crippen molar-refractivity contribution in [3.05, 3.63) is 71.3 Å². The van der Waals surface area contributed by atoms with Gasteiger partial charge in [-0.05, 0) is 30.4 Å². The molecule has 2 fully saturated rings. The second-order valence-electron chi connectivity index (χ2n) is 9.33. The van der Waals surface area contributed by atoms with E-state index in [1.165, 1.54) is 17.0 Å². The molecule has 0 aromatic heterocycles. The zero-order valence-corrected chi connectivity index (χ0v) is 19.6. The normalized spacial score (nSPS) is 18.4. The van der Waals surface area contributed by atoms with E-state index in [0.717, 1.165) is 24.5 Å². The molecule has 0 radical (unpaired) electrons. The van der Waals surface area contributed by atoms with Crippen LogP contribution in [0.2, 0.25) is 0 Å². The van der Waals surface area contributed by atoms with Gasteiger partial charge in [0.05, 0.1) is 6.61 Å². The van der Waals surface area contributed by atoms with E-state index in [-0.39, 0.29) is 43.4 Å². The third kappa shape index (κ3) is 6.87. The molecule has 0 spiro atoms. The first-order valence-electron chi connectivity index (χ1n) is 12.1. The Morgan fingerprint density at radius 1 is 1.06 bits per heavy atom. The number of hydrogen-bond donors (Lipinski definition) is 1. The Morgan fingerprint density at radius 2 is 1.83 bits per heavy atom. The summed E-state index contributed by atoms with van der Waals surface area (Å²) in [4.78, 5) is 39.4. The summed E-state index contributed by atoms with van der Waals surface area (Å²) in [6.45, 7) is 0.122. The quantitative estimate of drug-likeness (QED) is 0.491. The summed E-state index contributed by atoms with van der Waals surface area (Å²) in [5.41, 5.74) is 1.13. The van der Waals surface area contributed by atoms with E-state index in [1.807, 2.05) is 30.3 Å². The predicted octanol–water partition coefficient (Wildman–Crippen LogP) is 3.92. The number of likely N-dealkylation sites (tertiary alicyclic amines) is 1. The van der Waals surface area contributed by atoms with E-state index in [1.54, 1.807) is 0 Å². The average molecular weight is 485 g/mol. The number of nitrogens with one attached hydrogen (secondary N) is 1. The lowest BCUT2D eigenvalue weighted by atomic mass is 10.1. The highest BCUT2D eigenvalue weighted by Gasteiger charge is 2.35. The highest BCUT2D eigenvalue weighted by atomic mass is 19.2. The minimum Gasteiger partial charge on any atom is -0.464 e. The minimum absolute atomic E-state index is 0.0128. The molecule has 1 aliphatic heterocycles. The van der Waals surface area contributed by atoms with Gasteiger partial charge in [0.1, 0.15) is 6.04 Å². The van der Waals surface area contributed by atoms with Gasteiger partial charge in [-0.2, -0.15) is 0 Å². The van der Waals surface area contributed by atoms with Crippen LogP contribution >= 0.6 is 0 Å². The summed E-state index contributed by atoms with van der Waals surface area (Å²) in [6, 6.07) is 12.3. The van der Waals surface area contributed by atoms with Gasteiger partial charge in [0.25, 0.3) is 0 Å². The van der Waals surface area contributed by atoms with E-state index in [0.29, 0.717) is 25.2 Å². The zero-order valence-electron chi connectivity index (χ0n) is 19.6. The van der Waals surface area contributed by atoms with E-state index < -0.39 is 29.7 Å². The van der Waals surface area contributed by atoms with Crippen LogP contribution in [-0.4, -0.2) is 41.4 Å². The summed E-state index contributed by atoms with van der Waals surface area (Å²) in [7, 11) is 0. The molecule has 0 bridgehead atoms. The van der Waals surface area contributed by atoms with Gasteiger partial charge < -0.3 is 15.0 Å². The van der Waals surface area contributed by atoms with Crippen molar-refractivity contribution in [2.24, 2.45) is 5.92 Å². The maximum atomic E-state index is 14.1. The standard InChI is InChI=1S/C27H30F2N2O4/c28-22-8-4-7-20(26(22)29)17-31-21(11-12-25(31)33)16-24(32)30-23(15-19-9-10-19)27(34)35-14-13-18-5-2-1-3-6-18/h1-8,19,21,23H,9-17H2,(H,30,32)/t21-,23-/m0/s1. The molecule has 186 valence electrons. The lowest BCUT2D eigenvalue weighted by molar-refractivity contribution is -0.148. The van der Waals surface area contributed by atoms with Gasteiger partial charge in [0.15, 0.2) is 11.6 Å². The molecule has 1 heterocycles. The summed E-state index contributed by atoms with van der Waals surface area (Å²) >= 11 is 0. The molecule has 8 heteroatoms. The fraction of sp³-hybridized carbons (Fsp3) is 0.444. The highest BCUT2D eigenvalue weighted by Crippen LogP contribution is 2.34. The third-order valence-electron chi connectivity index (χ3n) is 6.61. The second-order valence-corrected chi connectivity index (χ2v) is 9.33. The van der Waals surface area contributed by atoms with Gasteiger partial charge in [-0.15, -0.1) is 0 Å². The van der Waals surface area contributed by atoms with Crippen LogP contribution in [0.5, 0.6) is 0 Å². The summed E-state index contributed by atoms with van der Waals surface area (Å²) < 4.78 is 33.2. The summed E-state index contributed by atoms with van der Waals surface area (Å²) in [5.74, 6) is -2.60. The Bertz CT molecular complexity index is 1060. The van der Waals surface area contributed by atoms with Gasteiger partial charge in [-0.25, -0.2) is 13.6 Å². The number of carbonyl (C=O) groups excluding carboxylic acids is 3. The topological polar surface area (TPSA) is 75.7 Å². The number of ether oxygens (including phenoxy) is 1. The molecule has 2 aromatic rings. The molecular weight excluding hydrogens is 454 g/mol. The Labute approximate surface area is 203 Å². The molecule has 0 unspecified atom stereocenters. The number of rotatable bonds is 11.